The summed E-state index contributed by atoms with van der Waals surface area (Å²) in [5.41, 5.74) is 3.00. The minimum Gasteiger partial charge on any atom is -0.338 e. The molecule has 0 aliphatic rings. The van der Waals surface area contributed by atoms with Gasteiger partial charge in [-0.15, -0.1) is 0 Å². The van der Waals surface area contributed by atoms with E-state index in [0.29, 0.717) is 36.6 Å². The van der Waals surface area contributed by atoms with Gasteiger partial charge in [-0.05, 0) is 38.1 Å². The molecular weight excluding hydrogens is 397 g/mol. The third-order valence-corrected chi connectivity index (χ3v) is 4.94. The zero-order chi connectivity index (χ0) is 21.8. The van der Waals surface area contributed by atoms with Crippen molar-refractivity contribution in [3.8, 4) is 11.5 Å². The molecule has 0 spiro atoms. The number of hydrogen-bond donors (Lipinski definition) is 0. The van der Waals surface area contributed by atoms with Crippen molar-refractivity contribution >= 4 is 5.91 Å². The zero-order valence-electron chi connectivity index (χ0n) is 17.3. The second-order valence-electron chi connectivity index (χ2n) is 7.08. The molecule has 8 nitrogen and oxygen atoms in total. The monoisotopic (exact) mass is 419 g/mol. The molecule has 0 aliphatic carbocycles. The highest BCUT2D eigenvalue weighted by Crippen LogP contribution is 2.18. The maximum Gasteiger partial charge on any atom is 0.256 e. The summed E-state index contributed by atoms with van der Waals surface area (Å²) in [5.74, 6) is 0.111. The lowest BCUT2D eigenvalue weighted by atomic mass is 10.1. The molecule has 3 heterocycles. The Morgan fingerprint density at radius 1 is 1.13 bits per heavy atom. The van der Waals surface area contributed by atoms with Gasteiger partial charge in [0.2, 0.25) is 0 Å². The third kappa shape index (κ3) is 4.50. The van der Waals surface area contributed by atoms with Crippen LogP contribution in [-0.4, -0.2) is 53.4 Å². The van der Waals surface area contributed by atoms with Crippen LogP contribution in [0.3, 0.4) is 0 Å². The quantitative estimate of drug-likeness (QED) is 0.460. The van der Waals surface area contributed by atoms with Gasteiger partial charge in [-0.25, -0.2) is 14.4 Å². The number of pyridine rings is 1. The van der Waals surface area contributed by atoms with Crippen molar-refractivity contribution in [2.75, 3.05) is 13.1 Å². The van der Waals surface area contributed by atoms with E-state index in [1.165, 1.54) is 17.1 Å². The summed E-state index contributed by atoms with van der Waals surface area (Å²) in [7, 11) is 0. The van der Waals surface area contributed by atoms with E-state index in [4.69, 9.17) is 0 Å². The fraction of sp³-hybridized carbons (Fsp3) is 0.227. The third-order valence-electron chi connectivity index (χ3n) is 4.94. The molecule has 158 valence electrons. The lowest BCUT2D eigenvalue weighted by Gasteiger charge is -2.22. The van der Waals surface area contributed by atoms with Gasteiger partial charge in [0.1, 0.15) is 18.0 Å². The molecule has 0 bridgehead atoms. The maximum absolute atomic E-state index is 13.3. The molecule has 31 heavy (non-hydrogen) atoms. The highest BCUT2D eigenvalue weighted by Gasteiger charge is 2.20. The molecule has 1 aromatic carbocycles. The van der Waals surface area contributed by atoms with Crippen molar-refractivity contribution in [2.24, 2.45) is 0 Å². The number of likely N-dealkylation sites (N-methyl/N-ethyl adjacent to an activating group) is 1. The van der Waals surface area contributed by atoms with Crippen LogP contribution in [0.1, 0.15) is 28.5 Å². The number of halogens is 1. The number of aromatic nitrogens is 6. The molecule has 0 aliphatic heterocycles. The summed E-state index contributed by atoms with van der Waals surface area (Å²) >= 11 is 0. The molecule has 4 aromatic rings. The van der Waals surface area contributed by atoms with Gasteiger partial charge < -0.3 is 4.90 Å². The fourth-order valence-corrected chi connectivity index (χ4v) is 3.30. The van der Waals surface area contributed by atoms with Crippen LogP contribution >= 0.6 is 0 Å². The number of hydrogen-bond acceptors (Lipinski definition) is 5. The number of imidazole rings is 1. The van der Waals surface area contributed by atoms with Crippen molar-refractivity contribution in [2.45, 2.75) is 20.3 Å². The lowest BCUT2D eigenvalue weighted by Crippen LogP contribution is -2.33. The molecule has 0 saturated carbocycles. The van der Waals surface area contributed by atoms with Crippen LogP contribution in [0.25, 0.3) is 11.5 Å². The molecule has 3 aromatic heterocycles. The van der Waals surface area contributed by atoms with E-state index < -0.39 is 0 Å². The van der Waals surface area contributed by atoms with Crippen LogP contribution < -0.4 is 0 Å². The first-order chi connectivity index (χ1) is 15.0. The Morgan fingerprint density at radius 2 is 1.94 bits per heavy atom. The van der Waals surface area contributed by atoms with E-state index in [1.54, 1.807) is 34.3 Å². The molecule has 0 fully saturated rings. The van der Waals surface area contributed by atoms with E-state index in [0.717, 1.165) is 11.3 Å². The number of rotatable bonds is 7. The minimum atomic E-state index is -0.387. The Morgan fingerprint density at radius 3 is 2.65 bits per heavy atom. The summed E-state index contributed by atoms with van der Waals surface area (Å²) in [5, 5.41) is 8.34. The van der Waals surface area contributed by atoms with E-state index in [9.17, 15) is 9.18 Å². The Labute approximate surface area is 179 Å². The van der Waals surface area contributed by atoms with Gasteiger partial charge in [-0.3, -0.25) is 9.36 Å². The van der Waals surface area contributed by atoms with Crippen molar-refractivity contribution in [1.82, 2.24) is 34.4 Å². The van der Waals surface area contributed by atoms with Gasteiger partial charge in [-0.1, -0.05) is 11.6 Å². The van der Waals surface area contributed by atoms with E-state index >= 15 is 0 Å². The SMILES string of the molecule is CCN(CCc1cn(-c2ccc(F)cn2)cn1)C(=O)c1cc(C)ccc1-n1nccn1. The molecule has 0 unspecified atom stereocenters. The number of carbonyl (C=O) groups excluding carboxylic acids is 1. The second kappa shape index (κ2) is 8.86. The summed E-state index contributed by atoms with van der Waals surface area (Å²) in [6.07, 6.45) is 8.38. The summed E-state index contributed by atoms with van der Waals surface area (Å²) in [4.78, 5) is 25.0. The van der Waals surface area contributed by atoms with Crippen molar-refractivity contribution in [1.29, 1.82) is 0 Å². The second-order valence-corrected chi connectivity index (χ2v) is 7.08. The maximum atomic E-state index is 13.3. The first kappa shape index (κ1) is 20.4. The fourth-order valence-electron chi connectivity index (χ4n) is 3.30. The Hall–Kier alpha value is -3.88. The summed E-state index contributed by atoms with van der Waals surface area (Å²) in [6.45, 7) is 4.95. The number of aryl methyl sites for hydroxylation is 1. The van der Waals surface area contributed by atoms with Crippen LogP contribution in [0.2, 0.25) is 0 Å². The van der Waals surface area contributed by atoms with Gasteiger partial charge in [-0.2, -0.15) is 15.0 Å². The first-order valence-corrected chi connectivity index (χ1v) is 9.96. The summed E-state index contributed by atoms with van der Waals surface area (Å²) in [6, 6.07) is 8.59. The van der Waals surface area contributed by atoms with Gasteiger partial charge in [0.15, 0.2) is 0 Å². The molecule has 1 amide bonds. The van der Waals surface area contributed by atoms with Gasteiger partial charge in [0, 0.05) is 25.7 Å². The topological polar surface area (TPSA) is 81.7 Å². The predicted molar refractivity (Wildman–Crippen MR) is 113 cm³/mol. The van der Waals surface area contributed by atoms with Crippen LogP contribution in [0.4, 0.5) is 4.39 Å². The van der Waals surface area contributed by atoms with E-state index in [2.05, 4.69) is 20.2 Å². The minimum absolute atomic E-state index is 0.0851. The zero-order valence-corrected chi connectivity index (χ0v) is 17.3. The average molecular weight is 419 g/mol. The molecular formula is C22H22FN7O. The van der Waals surface area contributed by atoms with Crippen molar-refractivity contribution in [3.05, 3.63) is 84.1 Å². The van der Waals surface area contributed by atoms with Gasteiger partial charge >= 0.3 is 0 Å². The highest BCUT2D eigenvalue weighted by molar-refractivity contribution is 5.98. The predicted octanol–water partition coefficient (Wildman–Crippen LogP) is 3.00. The van der Waals surface area contributed by atoms with Crippen LogP contribution in [-0.2, 0) is 6.42 Å². The van der Waals surface area contributed by atoms with Gasteiger partial charge in [0.05, 0.1) is 35.5 Å². The number of benzene rings is 1. The highest BCUT2D eigenvalue weighted by atomic mass is 19.1. The molecule has 0 atom stereocenters. The van der Waals surface area contributed by atoms with Crippen molar-refractivity contribution < 1.29 is 9.18 Å². The smallest absolute Gasteiger partial charge is 0.256 e. The van der Waals surface area contributed by atoms with Crippen LogP contribution in [0, 0.1) is 12.7 Å². The number of carbonyl (C=O) groups is 1. The largest absolute Gasteiger partial charge is 0.338 e. The first-order valence-electron chi connectivity index (χ1n) is 9.96. The summed E-state index contributed by atoms with van der Waals surface area (Å²) < 4.78 is 14.8. The molecule has 4 rings (SSSR count). The Bertz CT molecular complexity index is 1170. The van der Waals surface area contributed by atoms with Crippen LogP contribution in [0.5, 0.6) is 0 Å². The normalized spacial score (nSPS) is 10.9. The average Bonchev–Trinajstić information content (AvgIpc) is 3.47. The van der Waals surface area contributed by atoms with Gasteiger partial charge in [0.25, 0.3) is 5.91 Å². The molecule has 9 heteroatoms. The Balaban J connectivity index is 1.50. The molecule has 0 N–H and O–H groups in total. The number of nitrogens with zero attached hydrogens (tertiary/aromatic N) is 7. The molecule has 0 saturated heterocycles. The molecule has 0 radical (unpaired) electrons. The van der Waals surface area contributed by atoms with Crippen LogP contribution in [0.15, 0.2) is 61.4 Å². The number of amides is 1. The Kier molecular flexibility index (Phi) is 5.83. The van der Waals surface area contributed by atoms with E-state index in [-0.39, 0.29) is 11.7 Å². The van der Waals surface area contributed by atoms with E-state index in [1.807, 2.05) is 38.2 Å². The lowest BCUT2D eigenvalue weighted by molar-refractivity contribution is 0.0765. The standard InChI is InChI=1S/C22H22FN7O/c1-3-28(11-8-18-14-29(15-25-18)21-7-5-17(23)13-24-21)22(31)19-12-16(2)4-6-20(19)30-26-9-10-27-30/h4-7,9-10,12-15H,3,8,11H2,1-2H3. The van der Waals surface area contributed by atoms with Crippen molar-refractivity contribution in [3.63, 3.8) is 0 Å².